The van der Waals surface area contributed by atoms with Crippen molar-refractivity contribution >= 4 is 17.2 Å². The fourth-order valence-corrected chi connectivity index (χ4v) is 2.93. The first-order valence-electron chi connectivity index (χ1n) is 6.65. The highest BCUT2D eigenvalue weighted by molar-refractivity contribution is 7.09. The molecule has 1 amide bonds. The first-order chi connectivity index (χ1) is 8.74. The average molecular weight is 267 g/mol. The molecule has 0 radical (unpaired) electrons. The molecule has 1 unspecified atom stereocenters. The fourth-order valence-electron chi connectivity index (χ4n) is 2.22. The van der Waals surface area contributed by atoms with E-state index in [2.05, 4.69) is 15.6 Å². The number of carbonyl (C=O) groups is 1. The minimum atomic E-state index is 0.134. The molecule has 100 valence electrons. The molecule has 0 saturated carbocycles. The van der Waals surface area contributed by atoms with Crippen molar-refractivity contribution < 1.29 is 4.79 Å². The van der Waals surface area contributed by atoms with Crippen LogP contribution < -0.4 is 10.6 Å². The van der Waals surface area contributed by atoms with Crippen LogP contribution in [0.2, 0.25) is 0 Å². The van der Waals surface area contributed by atoms with Gasteiger partial charge in [-0.15, -0.1) is 11.3 Å². The molecule has 5 heteroatoms. The van der Waals surface area contributed by atoms with Crippen LogP contribution in [-0.4, -0.2) is 23.5 Å². The van der Waals surface area contributed by atoms with Crippen molar-refractivity contribution in [2.45, 2.75) is 51.6 Å². The molecule has 1 atom stereocenters. The highest BCUT2D eigenvalue weighted by atomic mass is 32.1. The Bertz CT molecular complexity index is 385. The highest BCUT2D eigenvalue weighted by Crippen LogP contribution is 2.12. The maximum Gasteiger partial charge on any atom is 0.220 e. The van der Waals surface area contributed by atoms with E-state index in [1.54, 1.807) is 11.3 Å². The van der Waals surface area contributed by atoms with Gasteiger partial charge in [-0.2, -0.15) is 0 Å². The molecule has 1 fully saturated rings. The molecule has 2 rings (SSSR count). The Morgan fingerprint density at radius 1 is 1.61 bits per heavy atom. The Labute approximate surface area is 112 Å². The molecule has 0 spiro atoms. The van der Waals surface area contributed by atoms with Gasteiger partial charge in [-0.05, 0) is 32.7 Å². The van der Waals surface area contributed by atoms with Gasteiger partial charge in [-0.25, -0.2) is 4.98 Å². The Balaban J connectivity index is 1.62. The van der Waals surface area contributed by atoms with Crippen LogP contribution in [0.25, 0.3) is 0 Å². The van der Waals surface area contributed by atoms with Crippen LogP contribution in [0.15, 0.2) is 5.38 Å². The predicted octanol–water partition coefficient (Wildman–Crippen LogP) is 1.99. The van der Waals surface area contributed by atoms with Crippen molar-refractivity contribution in [3.63, 3.8) is 0 Å². The summed E-state index contributed by atoms with van der Waals surface area (Å²) in [7, 11) is 0. The highest BCUT2D eigenvalue weighted by Gasteiger charge is 2.13. The fraction of sp³-hybridized carbons (Fsp3) is 0.692. The minimum Gasteiger partial charge on any atom is -0.350 e. The molecule has 0 aliphatic carbocycles. The summed E-state index contributed by atoms with van der Waals surface area (Å²) in [6.07, 6.45) is 5.33. The quantitative estimate of drug-likeness (QED) is 0.858. The van der Waals surface area contributed by atoms with Crippen molar-refractivity contribution in [2.24, 2.45) is 0 Å². The monoisotopic (exact) mass is 267 g/mol. The molecule has 0 aromatic carbocycles. The second-order valence-corrected chi connectivity index (χ2v) is 5.79. The smallest absolute Gasteiger partial charge is 0.220 e. The zero-order chi connectivity index (χ0) is 12.8. The van der Waals surface area contributed by atoms with Gasteiger partial charge in [0.2, 0.25) is 5.91 Å². The molecule has 1 aliphatic rings. The van der Waals surface area contributed by atoms with E-state index in [-0.39, 0.29) is 5.91 Å². The van der Waals surface area contributed by atoms with E-state index < -0.39 is 0 Å². The number of hydrogen-bond acceptors (Lipinski definition) is 4. The summed E-state index contributed by atoms with van der Waals surface area (Å²) in [5.41, 5.74) is 1.02. The zero-order valence-electron chi connectivity index (χ0n) is 10.9. The largest absolute Gasteiger partial charge is 0.350 e. The molecule has 1 aromatic heterocycles. The van der Waals surface area contributed by atoms with Crippen LogP contribution in [-0.2, 0) is 11.3 Å². The van der Waals surface area contributed by atoms with E-state index in [0.29, 0.717) is 19.0 Å². The van der Waals surface area contributed by atoms with E-state index in [4.69, 9.17) is 0 Å². The Hall–Kier alpha value is -0.940. The number of aromatic nitrogens is 1. The molecule has 1 saturated heterocycles. The van der Waals surface area contributed by atoms with Gasteiger partial charge in [0.1, 0.15) is 5.01 Å². The number of thiazole rings is 1. The summed E-state index contributed by atoms with van der Waals surface area (Å²) in [5, 5.41) is 9.38. The third-order valence-corrected chi connectivity index (χ3v) is 4.20. The summed E-state index contributed by atoms with van der Waals surface area (Å²) in [6.45, 7) is 3.64. The van der Waals surface area contributed by atoms with Crippen LogP contribution in [0, 0.1) is 6.92 Å². The van der Waals surface area contributed by atoms with Gasteiger partial charge in [-0.1, -0.05) is 6.42 Å². The molecule has 2 N–H and O–H groups in total. The van der Waals surface area contributed by atoms with Gasteiger partial charge in [0.15, 0.2) is 0 Å². The van der Waals surface area contributed by atoms with Crippen LogP contribution in [0.5, 0.6) is 0 Å². The van der Waals surface area contributed by atoms with Crippen LogP contribution in [0.3, 0.4) is 0 Å². The van der Waals surface area contributed by atoms with Gasteiger partial charge in [0.05, 0.1) is 6.54 Å². The van der Waals surface area contributed by atoms with Crippen LogP contribution in [0.1, 0.15) is 42.8 Å². The predicted molar refractivity (Wildman–Crippen MR) is 73.6 cm³/mol. The van der Waals surface area contributed by atoms with E-state index in [1.807, 2.05) is 12.3 Å². The number of amides is 1. The van der Waals surface area contributed by atoms with Crippen molar-refractivity contribution in [3.05, 3.63) is 16.1 Å². The molecule has 2 heterocycles. The third kappa shape index (κ3) is 4.38. The molecule has 1 aromatic rings. The molecule has 0 bridgehead atoms. The van der Waals surface area contributed by atoms with Gasteiger partial charge in [-0.3, -0.25) is 4.79 Å². The van der Waals surface area contributed by atoms with Gasteiger partial charge < -0.3 is 10.6 Å². The summed E-state index contributed by atoms with van der Waals surface area (Å²) < 4.78 is 0. The van der Waals surface area contributed by atoms with Gasteiger partial charge >= 0.3 is 0 Å². The van der Waals surface area contributed by atoms with Crippen molar-refractivity contribution in [1.82, 2.24) is 15.6 Å². The SMILES string of the molecule is Cc1csc(CNC(=O)CCC2CCCCN2)n1. The number of hydrogen-bond donors (Lipinski definition) is 2. The lowest BCUT2D eigenvalue weighted by Crippen LogP contribution is -2.35. The molecule has 18 heavy (non-hydrogen) atoms. The zero-order valence-corrected chi connectivity index (χ0v) is 11.7. The van der Waals surface area contributed by atoms with E-state index in [1.165, 1.54) is 19.3 Å². The van der Waals surface area contributed by atoms with E-state index in [9.17, 15) is 4.79 Å². The second kappa shape index (κ2) is 6.85. The molecular formula is C13H21N3OS. The van der Waals surface area contributed by atoms with Crippen molar-refractivity contribution in [1.29, 1.82) is 0 Å². The number of carbonyl (C=O) groups excluding carboxylic acids is 1. The lowest BCUT2D eigenvalue weighted by Gasteiger charge is -2.22. The van der Waals surface area contributed by atoms with Crippen molar-refractivity contribution in [3.8, 4) is 0 Å². The first kappa shape index (κ1) is 13.5. The molecule has 4 nitrogen and oxygen atoms in total. The number of nitrogens with one attached hydrogen (secondary N) is 2. The number of aryl methyl sites for hydroxylation is 1. The maximum atomic E-state index is 11.7. The van der Waals surface area contributed by atoms with Gasteiger partial charge in [0.25, 0.3) is 0 Å². The lowest BCUT2D eigenvalue weighted by molar-refractivity contribution is -0.121. The molecule has 1 aliphatic heterocycles. The number of nitrogens with zero attached hydrogens (tertiary/aromatic N) is 1. The normalized spacial score (nSPS) is 19.7. The summed E-state index contributed by atoms with van der Waals surface area (Å²) >= 11 is 1.60. The van der Waals surface area contributed by atoms with E-state index >= 15 is 0 Å². The summed E-state index contributed by atoms with van der Waals surface area (Å²) in [4.78, 5) is 16.0. The Morgan fingerprint density at radius 3 is 3.17 bits per heavy atom. The van der Waals surface area contributed by atoms with E-state index in [0.717, 1.165) is 23.7 Å². The summed E-state index contributed by atoms with van der Waals surface area (Å²) in [6, 6.07) is 0.534. The minimum absolute atomic E-state index is 0.134. The van der Waals surface area contributed by atoms with Crippen LogP contribution >= 0.6 is 11.3 Å². The topological polar surface area (TPSA) is 54.0 Å². The molecular weight excluding hydrogens is 246 g/mol. The maximum absolute atomic E-state index is 11.7. The first-order valence-corrected chi connectivity index (χ1v) is 7.53. The second-order valence-electron chi connectivity index (χ2n) is 4.84. The lowest BCUT2D eigenvalue weighted by atomic mass is 10.0. The Morgan fingerprint density at radius 2 is 2.50 bits per heavy atom. The number of piperidine rings is 1. The summed E-state index contributed by atoms with van der Waals surface area (Å²) in [5.74, 6) is 0.134. The third-order valence-electron chi connectivity index (χ3n) is 3.24. The average Bonchev–Trinajstić information content (AvgIpc) is 2.81. The standard InChI is InChI=1S/C13H21N3OS/c1-10-9-18-13(16-10)8-15-12(17)6-5-11-4-2-3-7-14-11/h9,11,14H,2-8H2,1H3,(H,15,17). The van der Waals surface area contributed by atoms with Crippen LogP contribution in [0.4, 0.5) is 0 Å². The Kier molecular flexibility index (Phi) is 5.13. The van der Waals surface area contributed by atoms with Crippen molar-refractivity contribution in [2.75, 3.05) is 6.54 Å². The number of rotatable bonds is 5. The van der Waals surface area contributed by atoms with Gasteiger partial charge in [0, 0.05) is 23.5 Å².